The molecule has 1 amide bonds. The van der Waals surface area contributed by atoms with Crippen molar-refractivity contribution in [2.45, 2.75) is 6.61 Å². The number of rotatable bonds is 6. The fourth-order valence-corrected chi connectivity index (χ4v) is 5.04. The highest BCUT2D eigenvalue weighted by molar-refractivity contribution is 9.10. The molecule has 0 saturated carbocycles. The van der Waals surface area contributed by atoms with E-state index in [9.17, 15) is 9.18 Å². The average molecular weight is 530 g/mol. The molecule has 1 heterocycles. The number of hydrogen-bond donors (Lipinski definition) is 0. The van der Waals surface area contributed by atoms with Crippen LogP contribution < -0.4 is 14.4 Å². The molecule has 8 heteroatoms. The second kappa shape index (κ2) is 9.85. The molecule has 1 aliphatic heterocycles. The molecular formula is C24H17BrFNO3S2. The molecule has 3 aromatic rings. The molecule has 4 nitrogen and oxygen atoms in total. The fourth-order valence-electron chi connectivity index (χ4n) is 3.16. The van der Waals surface area contributed by atoms with Crippen molar-refractivity contribution >= 4 is 61.9 Å². The number of carbonyl (C=O) groups excluding carboxylic acids is 1. The Morgan fingerprint density at radius 2 is 1.91 bits per heavy atom. The lowest BCUT2D eigenvalue weighted by Gasteiger charge is -2.14. The first kappa shape index (κ1) is 22.5. The lowest BCUT2D eigenvalue weighted by atomic mass is 10.1. The van der Waals surface area contributed by atoms with Gasteiger partial charge in [0.05, 0.1) is 22.2 Å². The highest BCUT2D eigenvalue weighted by atomic mass is 79.9. The molecule has 1 saturated heterocycles. The van der Waals surface area contributed by atoms with Gasteiger partial charge < -0.3 is 9.47 Å². The quantitative estimate of drug-likeness (QED) is 0.266. The van der Waals surface area contributed by atoms with Crippen molar-refractivity contribution in [3.8, 4) is 11.5 Å². The predicted molar refractivity (Wildman–Crippen MR) is 134 cm³/mol. The number of ether oxygens (including phenoxy) is 2. The SMILES string of the molecule is COc1cc(/C=C2/SC(=S)N(c3ccccc3)C2=O)cc(Br)c1OCc1cccc(F)c1. The van der Waals surface area contributed by atoms with Gasteiger partial charge in [0.15, 0.2) is 15.8 Å². The number of halogens is 2. The van der Waals surface area contributed by atoms with Crippen molar-refractivity contribution in [1.82, 2.24) is 0 Å². The molecule has 0 spiro atoms. The maximum Gasteiger partial charge on any atom is 0.270 e. The first-order chi connectivity index (χ1) is 15.5. The smallest absolute Gasteiger partial charge is 0.270 e. The Hall–Kier alpha value is -2.68. The number of para-hydroxylation sites is 1. The molecule has 32 heavy (non-hydrogen) atoms. The van der Waals surface area contributed by atoms with Crippen molar-refractivity contribution in [2.24, 2.45) is 0 Å². The summed E-state index contributed by atoms with van der Waals surface area (Å²) in [5.41, 5.74) is 2.19. The van der Waals surface area contributed by atoms with Crippen LogP contribution in [0.15, 0.2) is 76.1 Å². The molecule has 3 aromatic carbocycles. The Bertz CT molecular complexity index is 1220. The van der Waals surface area contributed by atoms with Crippen LogP contribution in [0.4, 0.5) is 10.1 Å². The summed E-state index contributed by atoms with van der Waals surface area (Å²) >= 11 is 10.2. The third-order valence-corrected chi connectivity index (χ3v) is 6.52. The monoisotopic (exact) mass is 529 g/mol. The van der Waals surface area contributed by atoms with Gasteiger partial charge >= 0.3 is 0 Å². The van der Waals surface area contributed by atoms with Crippen LogP contribution >= 0.6 is 39.9 Å². The van der Waals surface area contributed by atoms with Gasteiger partial charge in [-0.2, -0.15) is 0 Å². The van der Waals surface area contributed by atoms with Gasteiger partial charge in [-0.25, -0.2) is 4.39 Å². The van der Waals surface area contributed by atoms with Crippen LogP contribution in [0.1, 0.15) is 11.1 Å². The van der Waals surface area contributed by atoms with Crippen LogP contribution in [0, 0.1) is 5.82 Å². The molecule has 0 bridgehead atoms. The summed E-state index contributed by atoms with van der Waals surface area (Å²) in [5, 5.41) is 0. The highest BCUT2D eigenvalue weighted by Gasteiger charge is 2.33. The second-order valence-corrected chi connectivity index (χ2v) is 9.34. The van der Waals surface area contributed by atoms with Gasteiger partial charge in [-0.1, -0.05) is 54.3 Å². The summed E-state index contributed by atoms with van der Waals surface area (Å²) in [6.07, 6.45) is 1.77. The van der Waals surface area contributed by atoms with Crippen LogP contribution in [-0.4, -0.2) is 17.3 Å². The number of benzene rings is 3. The number of carbonyl (C=O) groups is 1. The van der Waals surface area contributed by atoms with Gasteiger partial charge in [-0.3, -0.25) is 9.69 Å². The standard InChI is InChI=1S/C24H17BrFNO3S2/c1-29-20-12-16(11-19(25)22(20)30-14-15-6-5-7-17(26)10-15)13-21-23(28)27(24(31)32-21)18-8-3-2-4-9-18/h2-13H,14H2,1H3/b21-13+. The average Bonchev–Trinajstić information content (AvgIpc) is 3.06. The van der Waals surface area contributed by atoms with Crippen molar-refractivity contribution in [3.63, 3.8) is 0 Å². The maximum atomic E-state index is 13.4. The summed E-state index contributed by atoms with van der Waals surface area (Å²) in [6.45, 7) is 0.182. The van der Waals surface area contributed by atoms with E-state index in [1.54, 1.807) is 24.3 Å². The van der Waals surface area contributed by atoms with Crippen molar-refractivity contribution in [1.29, 1.82) is 0 Å². The Morgan fingerprint density at radius 1 is 1.12 bits per heavy atom. The van der Waals surface area contributed by atoms with Gasteiger partial charge in [0.1, 0.15) is 12.4 Å². The van der Waals surface area contributed by atoms with Gasteiger partial charge in [0.25, 0.3) is 5.91 Å². The summed E-state index contributed by atoms with van der Waals surface area (Å²) in [6, 6.07) is 19.1. The van der Waals surface area contributed by atoms with E-state index in [2.05, 4.69) is 15.9 Å². The van der Waals surface area contributed by atoms with Gasteiger partial charge in [0, 0.05) is 0 Å². The van der Waals surface area contributed by atoms with Crippen molar-refractivity contribution < 1.29 is 18.7 Å². The zero-order valence-electron chi connectivity index (χ0n) is 16.9. The molecule has 0 N–H and O–H groups in total. The number of methoxy groups -OCH3 is 1. The number of anilines is 1. The number of thioether (sulfide) groups is 1. The van der Waals surface area contributed by atoms with Crippen molar-refractivity contribution in [3.05, 3.63) is 93.1 Å². The lowest BCUT2D eigenvalue weighted by molar-refractivity contribution is -0.113. The van der Waals surface area contributed by atoms with Gasteiger partial charge in [-0.15, -0.1) is 0 Å². The summed E-state index contributed by atoms with van der Waals surface area (Å²) < 4.78 is 25.9. The number of nitrogens with zero attached hydrogens (tertiary/aromatic N) is 1. The van der Waals surface area contributed by atoms with E-state index in [1.807, 2.05) is 36.4 Å². The maximum absolute atomic E-state index is 13.4. The molecule has 0 aromatic heterocycles. The minimum atomic E-state index is -0.319. The van der Waals surface area contributed by atoms with Crippen LogP contribution in [0.25, 0.3) is 6.08 Å². The number of hydrogen-bond acceptors (Lipinski definition) is 5. The van der Waals surface area contributed by atoms with E-state index >= 15 is 0 Å². The second-order valence-electron chi connectivity index (χ2n) is 6.81. The van der Waals surface area contributed by atoms with E-state index in [0.717, 1.165) is 11.3 Å². The molecule has 162 valence electrons. The third-order valence-electron chi connectivity index (χ3n) is 4.63. The summed E-state index contributed by atoms with van der Waals surface area (Å²) in [5.74, 6) is 0.485. The first-order valence-electron chi connectivity index (χ1n) is 9.54. The normalized spacial score (nSPS) is 14.8. The van der Waals surface area contributed by atoms with Crippen LogP contribution in [0.3, 0.4) is 0 Å². The van der Waals surface area contributed by atoms with E-state index in [-0.39, 0.29) is 18.3 Å². The first-order valence-corrected chi connectivity index (χ1v) is 11.6. The predicted octanol–water partition coefficient (Wildman–Crippen LogP) is 6.58. The Kier molecular flexibility index (Phi) is 6.93. The van der Waals surface area contributed by atoms with Gasteiger partial charge in [0.2, 0.25) is 0 Å². The highest BCUT2D eigenvalue weighted by Crippen LogP contribution is 2.40. The van der Waals surface area contributed by atoms with E-state index in [4.69, 9.17) is 21.7 Å². The molecule has 0 atom stereocenters. The molecule has 0 radical (unpaired) electrons. The van der Waals surface area contributed by atoms with E-state index in [0.29, 0.717) is 30.8 Å². The zero-order valence-corrected chi connectivity index (χ0v) is 20.1. The minimum absolute atomic E-state index is 0.173. The molecule has 4 rings (SSSR count). The third kappa shape index (κ3) is 4.87. The van der Waals surface area contributed by atoms with Crippen molar-refractivity contribution in [2.75, 3.05) is 12.0 Å². The Labute approximate surface area is 203 Å². The lowest BCUT2D eigenvalue weighted by Crippen LogP contribution is -2.27. The van der Waals surface area contributed by atoms with E-state index in [1.165, 1.54) is 35.9 Å². The number of thiocarbonyl (C=S) groups is 1. The van der Waals surface area contributed by atoms with Gasteiger partial charge in [-0.05, 0) is 69.5 Å². The molecule has 0 unspecified atom stereocenters. The molecule has 1 aliphatic rings. The Morgan fingerprint density at radius 3 is 2.62 bits per heavy atom. The minimum Gasteiger partial charge on any atom is -0.493 e. The summed E-state index contributed by atoms with van der Waals surface area (Å²) in [7, 11) is 1.54. The largest absolute Gasteiger partial charge is 0.493 e. The van der Waals surface area contributed by atoms with Crippen LogP contribution in [0.5, 0.6) is 11.5 Å². The molecule has 1 fully saturated rings. The Balaban J connectivity index is 1.58. The topological polar surface area (TPSA) is 38.8 Å². The molecular weight excluding hydrogens is 513 g/mol. The number of amides is 1. The molecule has 0 aliphatic carbocycles. The fraction of sp³-hybridized carbons (Fsp3) is 0.0833. The van der Waals surface area contributed by atoms with E-state index < -0.39 is 0 Å². The zero-order chi connectivity index (χ0) is 22.7. The summed E-state index contributed by atoms with van der Waals surface area (Å²) in [4.78, 5) is 15.0. The van der Waals surface area contributed by atoms with Crippen LogP contribution in [0.2, 0.25) is 0 Å². The van der Waals surface area contributed by atoms with Crippen LogP contribution in [-0.2, 0) is 11.4 Å².